The van der Waals surface area contributed by atoms with Crippen molar-refractivity contribution in [3.05, 3.63) is 64.5 Å². The largest absolute Gasteiger partial charge is 0.449 e. The maximum atomic E-state index is 13.7. The number of halogens is 1. The van der Waals surface area contributed by atoms with Crippen LogP contribution in [-0.4, -0.2) is 58.6 Å². The number of allylic oxidation sites excluding steroid dienone is 1. The normalized spacial score (nSPS) is 17.8. The maximum absolute atomic E-state index is 13.7. The number of aliphatic imine (C=N–C) groups is 1. The molecular formula is C28H31ClN4O2. The summed E-state index contributed by atoms with van der Waals surface area (Å²) in [4.78, 5) is 27.1. The number of hydrogen-bond donors (Lipinski definition) is 0. The lowest BCUT2D eigenvalue weighted by atomic mass is 9.86. The molecule has 7 heteroatoms. The number of carbonyl (C=O) groups excluding carboxylic acids is 1. The molecule has 182 valence electrons. The van der Waals surface area contributed by atoms with Crippen molar-refractivity contribution >= 4 is 34.8 Å². The third-order valence-electron chi connectivity index (χ3n) is 6.78. The Labute approximate surface area is 211 Å². The summed E-state index contributed by atoms with van der Waals surface area (Å²) in [6, 6.07) is 11.5. The van der Waals surface area contributed by atoms with Gasteiger partial charge < -0.3 is 14.2 Å². The highest BCUT2D eigenvalue weighted by Gasteiger charge is 2.39. The van der Waals surface area contributed by atoms with Gasteiger partial charge in [-0.25, -0.2) is 4.98 Å². The summed E-state index contributed by atoms with van der Waals surface area (Å²) in [5, 5.41) is 0.682. The van der Waals surface area contributed by atoms with E-state index >= 15 is 0 Å². The molecule has 1 fully saturated rings. The van der Waals surface area contributed by atoms with Gasteiger partial charge in [0.15, 0.2) is 11.3 Å². The summed E-state index contributed by atoms with van der Waals surface area (Å²) in [7, 11) is 0. The number of fused-ring (bicyclic) bond motifs is 1. The monoisotopic (exact) mass is 490 g/mol. The third-order valence-corrected chi connectivity index (χ3v) is 7.03. The van der Waals surface area contributed by atoms with Crippen LogP contribution < -0.4 is 0 Å². The van der Waals surface area contributed by atoms with Crippen LogP contribution in [0, 0.1) is 0 Å². The minimum Gasteiger partial charge on any atom is -0.449 e. The summed E-state index contributed by atoms with van der Waals surface area (Å²) < 4.78 is 6.25. The number of hydrogen-bond acceptors (Lipinski definition) is 5. The van der Waals surface area contributed by atoms with E-state index in [1.54, 1.807) is 6.07 Å². The minimum atomic E-state index is -0.361. The fourth-order valence-corrected chi connectivity index (χ4v) is 5.02. The predicted molar refractivity (Wildman–Crippen MR) is 141 cm³/mol. The SMILES string of the molecule is CC(C)(C)c1cc(-c2ccc(Cl)cc2)nc2cc(C(=O)N3CCN(C4=CCN=C4)CC3(C)C)oc12. The van der Waals surface area contributed by atoms with Gasteiger partial charge in [-0.1, -0.05) is 44.5 Å². The van der Waals surface area contributed by atoms with Crippen LogP contribution in [0.1, 0.15) is 50.7 Å². The Morgan fingerprint density at radius 2 is 1.86 bits per heavy atom. The van der Waals surface area contributed by atoms with Crippen molar-refractivity contribution < 1.29 is 9.21 Å². The summed E-state index contributed by atoms with van der Waals surface area (Å²) in [5.41, 5.74) is 4.77. The lowest BCUT2D eigenvalue weighted by Gasteiger charge is -2.47. The van der Waals surface area contributed by atoms with Crippen molar-refractivity contribution in [1.29, 1.82) is 0 Å². The van der Waals surface area contributed by atoms with Gasteiger partial charge in [-0.3, -0.25) is 9.79 Å². The van der Waals surface area contributed by atoms with Crippen LogP contribution in [0.15, 0.2) is 57.6 Å². The van der Waals surface area contributed by atoms with Crippen LogP contribution in [0.4, 0.5) is 0 Å². The molecule has 1 aromatic carbocycles. The van der Waals surface area contributed by atoms with E-state index in [1.165, 1.54) is 0 Å². The fraction of sp³-hybridized carbons (Fsp3) is 0.393. The Hall–Kier alpha value is -3.12. The smallest absolute Gasteiger partial charge is 0.290 e. The number of piperazine rings is 1. The molecule has 2 aromatic heterocycles. The molecule has 0 unspecified atom stereocenters. The van der Waals surface area contributed by atoms with Crippen LogP contribution in [0.2, 0.25) is 5.02 Å². The zero-order valence-corrected chi connectivity index (χ0v) is 21.7. The zero-order valence-electron chi connectivity index (χ0n) is 20.9. The number of amides is 1. The zero-order chi connectivity index (χ0) is 25.0. The van der Waals surface area contributed by atoms with Gasteiger partial charge in [0.25, 0.3) is 5.91 Å². The highest BCUT2D eigenvalue weighted by molar-refractivity contribution is 6.30. The second-order valence-electron chi connectivity index (χ2n) is 11.0. The number of furan rings is 1. The van der Waals surface area contributed by atoms with Crippen molar-refractivity contribution in [2.75, 3.05) is 26.2 Å². The van der Waals surface area contributed by atoms with Crippen molar-refractivity contribution in [1.82, 2.24) is 14.8 Å². The van der Waals surface area contributed by atoms with E-state index in [4.69, 9.17) is 21.0 Å². The van der Waals surface area contributed by atoms with E-state index in [2.05, 4.69) is 56.7 Å². The molecule has 0 N–H and O–H groups in total. The van der Waals surface area contributed by atoms with E-state index in [0.29, 0.717) is 28.4 Å². The lowest BCUT2D eigenvalue weighted by Crippen LogP contribution is -2.60. The standard InChI is InChI=1S/C28H31ClN4O2/c1-27(2,3)21-14-22(18-6-8-19(29)9-7-18)31-23-15-24(35-25(21)23)26(34)33-13-12-32(17-28(33,4)5)20-10-11-30-16-20/h6-10,14-16H,11-13,17H2,1-5H3. The molecule has 3 aromatic rings. The second kappa shape index (κ2) is 8.52. The van der Waals surface area contributed by atoms with Gasteiger partial charge in [0.05, 0.1) is 23.5 Å². The summed E-state index contributed by atoms with van der Waals surface area (Å²) in [6.45, 7) is 13.5. The molecule has 4 heterocycles. The van der Waals surface area contributed by atoms with E-state index in [9.17, 15) is 4.79 Å². The first-order valence-electron chi connectivity index (χ1n) is 12.0. The third kappa shape index (κ3) is 4.47. The molecule has 6 nitrogen and oxygen atoms in total. The molecule has 2 aliphatic rings. The van der Waals surface area contributed by atoms with E-state index in [1.807, 2.05) is 35.4 Å². The first kappa shape index (κ1) is 23.6. The molecule has 2 aliphatic heterocycles. The molecule has 1 saturated heterocycles. The molecule has 0 spiro atoms. The Morgan fingerprint density at radius 1 is 1.11 bits per heavy atom. The van der Waals surface area contributed by atoms with Gasteiger partial charge in [-0.2, -0.15) is 0 Å². The molecule has 0 atom stereocenters. The van der Waals surface area contributed by atoms with Gasteiger partial charge in [0.2, 0.25) is 0 Å². The van der Waals surface area contributed by atoms with E-state index < -0.39 is 0 Å². The van der Waals surface area contributed by atoms with Gasteiger partial charge in [-0.15, -0.1) is 0 Å². The van der Waals surface area contributed by atoms with Crippen molar-refractivity contribution in [3.8, 4) is 11.3 Å². The Balaban J connectivity index is 1.50. The summed E-state index contributed by atoms with van der Waals surface area (Å²) in [5.74, 6) is 0.226. The average molecular weight is 491 g/mol. The highest BCUT2D eigenvalue weighted by atomic mass is 35.5. The highest BCUT2D eigenvalue weighted by Crippen LogP contribution is 2.36. The topological polar surface area (TPSA) is 61.9 Å². The van der Waals surface area contributed by atoms with Crippen LogP contribution in [0.5, 0.6) is 0 Å². The van der Waals surface area contributed by atoms with Crippen LogP contribution in [-0.2, 0) is 5.41 Å². The summed E-state index contributed by atoms with van der Waals surface area (Å²) >= 11 is 6.09. The predicted octanol–water partition coefficient (Wildman–Crippen LogP) is 5.95. The Bertz CT molecular complexity index is 1350. The number of rotatable bonds is 3. The van der Waals surface area contributed by atoms with E-state index in [0.717, 1.165) is 42.2 Å². The number of carbonyl (C=O) groups is 1. The quantitative estimate of drug-likeness (QED) is 0.455. The van der Waals surface area contributed by atoms with Crippen LogP contribution >= 0.6 is 11.6 Å². The minimum absolute atomic E-state index is 0.102. The van der Waals surface area contributed by atoms with Gasteiger partial charge in [0.1, 0.15) is 5.52 Å². The summed E-state index contributed by atoms with van der Waals surface area (Å²) in [6.07, 6.45) is 4.05. The molecule has 0 radical (unpaired) electrons. The number of benzene rings is 1. The molecule has 0 aliphatic carbocycles. The average Bonchev–Trinajstić information content (AvgIpc) is 3.47. The van der Waals surface area contributed by atoms with E-state index in [-0.39, 0.29) is 16.9 Å². The first-order chi connectivity index (χ1) is 16.5. The molecule has 35 heavy (non-hydrogen) atoms. The molecule has 1 amide bonds. The Morgan fingerprint density at radius 3 is 2.49 bits per heavy atom. The van der Waals surface area contributed by atoms with Crippen molar-refractivity contribution in [2.24, 2.45) is 4.99 Å². The second-order valence-corrected chi connectivity index (χ2v) is 11.4. The van der Waals surface area contributed by atoms with Crippen LogP contribution in [0.3, 0.4) is 0 Å². The maximum Gasteiger partial charge on any atom is 0.290 e. The number of aromatic nitrogens is 1. The molecule has 0 bridgehead atoms. The number of nitrogens with zero attached hydrogens (tertiary/aromatic N) is 4. The molecular weight excluding hydrogens is 460 g/mol. The van der Waals surface area contributed by atoms with Crippen LogP contribution in [0.25, 0.3) is 22.4 Å². The Kier molecular flexibility index (Phi) is 5.75. The first-order valence-corrected chi connectivity index (χ1v) is 12.4. The van der Waals surface area contributed by atoms with Crippen molar-refractivity contribution in [2.45, 2.75) is 45.6 Å². The van der Waals surface area contributed by atoms with Gasteiger partial charge >= 0.3 is 0 Å². The fourth-order valence-electron chi connectivity index (χ4n) is 4.89. The molecule has 5 rings (SSSR count). The van der Waals surface area contributed by atoms with Gasteiger partial charge in [0, 0.05) is 48.1 Å². The lowest BCUT2D eigenvalue weighted by molar-refractivity contribution is 0.0255. The number of pyridine rings is 1. The molecule has 0 saturated carbocycles. The van der Waals surface area contributed by atoms with Crippen molar-refractivity contribution in [3.63, 3.8) is 0 Å². The van der Waals surface area contributed by atoms with Gasteiger partial charge in [-0.05, 0) is 43.5 Å².